The molecule has 0 unspecified atom stereocenters. The van der Waals surface area contributed by atoms with E-state index >= 15 is 0 Å². The molecule has 5 nitrogen and oxygen atoms in total. The predicted molar refractivity (Wildman–Crippen MR) is 143 cm³/mol. The summed E-state index contributed by atoms with van der Waals surface area (Å²) in [6.07, 6.45) is 6.58. The topological polar surface area (TPSA) is 71.1 Å². The van der Waals surface area contributed by atoms with E-state index < -0.39 is 10.0 Å². The maximum atomic E-state index is 13.3. The Bertz CT molecular complexity index is 1240. The maximum absolute atomic E-state index is 13.3. The molecule has 7 heteroatoms. The highest BCUT2D eigenvalue weighted by Gasteiger charge is 2.20. The van der Waals surface area contributed by atoms with Crippen molar-refractivity contribution in [1.29, 1.82) is 0 Å². The molecule has 182 valence electrons. The van der Waals surface area contributed by atoms with Gasteiger partial charge in [0.05, 0.1) is 15.5 Å². The van der Waals surface area contributed by atoms with E-state index in [9.17, 15) is 8.42 Å². The number of hydrogen-bond donors (Lipinski definition) is 2. The van der Waals surface area contributed by atoms with Gasteiger partial charge < -0.3 is 5.32 Å². The minimum absolute atomic E-state index is 0.296. The Morgan fingerprint density at radius 1 is 1.06 bits per heavy atom. The summed E-state index contributed by atoms with van der Waals surface area (Å²) in [5.74, 6) is 1.04. The Morgan fingerprint density at radius 2 is 1.82 bits per heavy atom. The van der Waals surface area contributed by atoms with Crippen molar-refractivity contribution in [3.63, 3.8) is 0 Å². The summed E-state index contributed by atoms with van der Waals surface area (Å²) in [7, 11) is -3.73. The molecule has 2 aromatic carbocycles. The number of anilines is 2. The normalized spacial score (nSPS) is 15.0. The average Bonchev–Trinajstić information content (AvgIpc) is 3.19. The molecule has 0 radical (unpaired) electrons. The molecule has 0 atom stereocenters. The zero-order valence-corrected chi connectivity index (χ0v) is 22.2. The lowest BCUT2D eigenvalue weighted by molar-refractivity contribution is 0.373. The number of aryl methyl sites for hydroxylation is 2. The van der Waals surface area contributed by atoms with Gasteiger partial charge in [-0.3, -0.25) is 4.72 Å². The third kappa shape index (κ3) is 5.81. The summed E-state index contributed by atoms with van der Waals surface area (Å²) >= 11 is 1.60. The van der Waals surface area contributed by atoms with Crippen LogP contribution in [0.3, 0.4) is 0 Å². The Morgan fingerprint density at radius 3 is 2.56 bits per heavy atom. The van der Waals surface area contributed by atoms with E-state index in [1.807, 2.05) is 44.2 Å². The van der Waals surface area contributed by atoms with Crippen molar-refractivity contribution in [3.05, 3.63) is 59.3 Å². The summed E-state index contributed by atoms with van der Waals surface area (Å²) in [6, 6.07) is 13.2. The fourth-order valence-corrected chi connectivity index (χ4v) is 6.86. The highest BCUT2D eigenvalue weighted by atomic mass is 32.2. The second kappa shape index (κ2) is 10.5. The first-order valence-electron chi connectivity index (χ1n) is 12.2. The van der Waals surface area contributed by atoms with Gasteiger partial charge in [-0.1, -0.05) is 68.7 Å². The predicted octanol–water partition coefficient (Wildman–Crippen LogP) is 7.34. The van der Waals surface area contributed by atoms with E-state index in [0.29, 0.717) is 22.1 Å². The zero-order valence-electron chi connectivity index (χ0n) is 20.5. The molecule has 1 heterocycles. The van der Waals surface area contributed by atoms with Gasteiger partial charge in [0.1, 0.15) is 0 Å². The Balaban J connectivity index is 1.56. The molecule has 1 aromatic heterocycles. The van der Waals surface area contributed by atoms with Gasteiger partial charge in [-0.05, 0) is 73.4 Å². The first-order valence-corrected chi connectivity index (χ1v) is 14.5. The van der Waals surface area contributed by atoms with Crippen molar-refractivity contribution in [3.8, 4) is 10.4 Å². The maximum Gasteiger partial charge on any atom is 0.262 e. The second-order valence-electron chi connectivity index (χ2n) is 9.68. The number of nitrogens with one attached hydrogen (secondary N) is 2. The van der Waals surface area contributed by atoms with Crippen LogP contribution in [0.25, 0.3) is 10.4 Å². The molecule has 0 amide bonds. The van der Waals surface area contributed by atoms with Gasteiger partial charge in [-0.15, -0.1) is 0 Å². The zero-order chi connectivity index (χ0) is 24.3. The number of sulfonamides is 1. The fraction of sp³-hybridized carbons (Fsp3) is 0.444. The summed E-state index contributed by atoms with van der Waals surface area (Å²) in [5.41, 5.74) is 4.19. The Hall–Kier alpha value is -2.38. The van der Waals surface area contributed by atoms with Gasteiger partial charge >= 0.3 is 0 Å². The van der Waals surface area contributed by atoms with Crippen LogP contribution in [0, 0.1) is 19.8 Å². The third-order valence-electron chi connectivity index (χ3n) is 6.61. The Labute approximate surface area is 208 Å². The van der Waals surface area contributed by atoms with Crippen LogP contribution in [0.4, 0.5) is 10.8 Å². The van der Waals surface area contributed by atoms with Crippen LogP contribution >= 0.6 is 11.3 Å². The standard InChI is InChI=1S/C27H35N3O2S2/c1-18(2)22-11-8-12-24(15-22)30-34(31,32)25-16-23(14-13-19(25)3)26-20(4)29-27(33-26)28-17-21-9-6-5-7-10-21/h8,11-16,18,21,30H,5-7,9-10,17H2,1-4H3,(H,28,29). The van der Waals surface area contributed by atoms with Gasteiger partial charge in [0.2, 0.25) is 0 Å². The lowest BCUT2D eigenvalue weighted by Gasteiger charge is -2.21. The van der Waals surface area contributed by atoms with Gasteiger partial charge in [-0.25, -0.2) is 13.4 Å². The van der Waals surface area contributed by atoms with Crippen molar-refractivity contribution >= 4 is 32.2 Å². The Kier molecular flexibility index (Phi) is 7.63. The molecule has 3 aromatic rings. The quantitative estimate of drug-likeness (QED) is 0.341. The van der Waals surface area contributed by atoms with Crippen LogP contribution in [-0.4, -0.2) is 19.9 Å². The minimum atomic E-state index is -3.73. The van der Waals surface area contributed by atoms with Crippen LogP contribution < -0.4 is 10.0 Å². The number of thiazole rings is 1. The first-order chi connectivity index (χ1) is 16.2. The van der Waals surface area contributed by atoms with Crippen LogP contribution in [0.1, 0.15) is 68.7 Å². The van der Waals surface area contributed by atoms with Gasteiger partial charge in [0.15, 0.2) is 5.13 Å². The molecule has 1 aliphatic carbocycles. The molecule has 0 saturated heterocycles. The molecule has 34 heavy (non-hydrogen) atoms. The number of hydrogen-bond acceptors (Lipinski definition) is 5. The second-order valence-corrected chi connectivity index (χ2v) is 12.3. The van der Waals surface area contributed by atoms with E-state index in [2.05, 4.69) is 23.9 Å². The van der Waals surface area contributed by atoms with E-state index in [1.165, 1.54) is 32.1 Å². The van der Waals surface area contributed by atoms with E-state index in [4.69, 9.17) is 4.98 Å². The highest BCUT2D eigenvalue weighted by Crippen LogP contribution is 2.35. The van der Waals surface area contributed by atoms with Gasteiger partial charge in [0, 0.05) is 12.2 Å². The summed E-state index contributed by atoms with van der Waals surface area (Å²) < 4.78 is 29.4. The third-order valence-corrected chi connectivity index (χ3v) is 9.30. The number of rotatable bonds is 8. The van der Waals surface area contributed by atoms with Crippen molar-refractivity contribution in [1.82, 2.24) is 4.98 Å². The molecule has 1 saturated carbocycles. The number of benzene rings is 2. The van der Waals surface area contributed by atoms with Crippen LogP contribution in [0.5, 0.6) is 0 Å². The lowest BCUT2D eigenvalue weighted by atomic mass is 9.89. The van der Waals surface area contributed by atoms with Gasteiger partial charge in [0.25, 0.3) is 10.0 Å². The first kappa shape index (κ1) is 24.7. The van der Waals surface area contributed by atoms with Crippen molar-refractivity contribution in [2.24, 2.45) is 5.92 Å². The van der Waals surface area contributed by atoms with Crippen LogP contribution in [-0.2, 0) is 10.0 Å². The monoisotopic (exact) mass is 497 g/mol. The summed E-state index contributed by atoms with van der Waals surface area (Å²) in [6.45, 7) is 8.97. The molecule has 0 spiro atoms. The molecule has 2 N–H and O–H groups in total. The largest absolute Gasteiger partial charge is 0.361 e. The number of nitrogens with zero attached hydrogens (tertiary/aromatic N) is 1. The van der Waals surface area contributed by atoms with Crippen molar-refractivity contribution in [2.45, 2.75) is 70.6 Å². The highest BCUT2D eigenvalue weighted by molar-refractivity contribution is 7.92. The van der Waals surface area contributed by atoms with Crippen molar-refractivity contribution in [2.75, 3.05) is 16.6 Å². The van der Waals surface area contributed by atoms with Gasteiger partial charge in [-0.2, -0.15) is 0 Å². The summed E-state index contributed by atoms with van der Waals surface area (Å²) in [5, 5.41) is 4.43. The lowest BCUT2D eigenvalue weighted by Crippen LogP contribution is -2.16. The van der Waals surface area contributed by atoms with Crippen LogP contribution in [0.2, 0.25) is 0 Å². The van der Waals surface area contributed by atoms with E-state index in [1.54, 1.807) is 23.5 Å². The smallest absolute Gasteiger partial charge is 0.262 e. The van der Waals surface area contributed by atoms with E-state index in [0.717, 1.165) is 39.3 Å². The molecule has 0 bridgehead atoms. The van der Waals surface area contributed by atoms with Crippen LogP contribution in [0.15, 0.2) is 47.4 Å². The van der Waals surface area contributed by atoms with Crippen molar-refractivity contribution < 1.29 is 8.42 Å². The number of aromatic nitrogens is 1. The molecule has 1 fully saturated rings. The molecule has 0 aliphatic heterocycles. The molecule has 1 aliphatic rings. The molecular weight excluding hydrogens is 462 g/mol. The summed E-state index contributed by atoms with van der Waals surface area (Å²) in [4.78, 5) is 6.02. The SMILES string of the molecule is Cc1ccc(-c2sc(NCC3CCCCC3)nc2C)cc1S(=O)(=O)Nc1cccc(C(C)C)c1. The average molecular weight is 498 g/mol. The molecular formula is C27H35N3O2S2. The fourth-order valence-electron chi connectivity index (χ4n) is 4.57. The minimum Gasteiger partial charge on any atom is -0.361 e. The van der Waals surface area contributed by atoms with E-state index in [-0.39, 0.29) is 0 Å². The molecule has 4 rings (SSSR count).